The Morgan fingerprint density at radius 3 is 2.30 bits per heavy atom. The van der Waals surface area contributed by atoms with Crippen LogP contribution in [0.4, 0.5) is 0 Å². The molecule has 20 heavy (non-hydrogen) atoms. The fraction of sp³-hybridized carbons (Fsp3) is 0.333. The number of hydrogen-bond acceptors (Lipinski definition) is 4. The summed E-state index contributed by atoms with van der Waals surface area (Å²) in [6, 6.07) is 5.50. The third-order valence-corrected chi connectivity index (χ3v) is 2.58. The summed E-state index contributed by atoms with van der Waals surface area (Å²) >= 11 is 11.8. The van der Waals surface area contributed by atoms with E-state index in [0.29, 0.717) is 16.7 Å². The van der Waals surface area contributed by atoms with E-state index in [1.54, 1.807) is 13.2 Å². The minimum absolute atomic E-state index is 0.663. The van der Waals surface area contributed by atoms with Crippen LogP contribution in [0, 0.1) is 0 Å². The van der Waals surface area contributed by atoms with Crippen LogP contribution >= 0.6 is 23.2 Å². The van der Waals surface area contributed by atoms with E-state index < -0.39 is 11.9 Å². The lowest BCUT2D eigenvalue weighted by Crippen LogP contribution is -2.18. The van der Waals surface area contributed by atoms with Crippen molar-refractivity contribution in [2.45, 2.75) is 6.54 Å². The van der Waals surface area contributed by atoms with Crippen LogP contribution in [0.25, 0.3) is 0 Å². The number of nitrogens with one attached hydrogen (secondary N) is 1. The summed E-state index contributed by atoms with van der Waals surface area (Å²) in [7, 11) is 1.68. The molecule has 0 amide bonds. The first-order valence-corrected chi connectivity index (χ1v) is 6.23. The Morgan fingerprint density at radius 2 is 1.85 bits per heavy atom. The van der Waals surface area contributed by atoms with E-state index in [1.165, 1.54) is 0 Å². The molecule has 6 nitrogen and oxygen atoms in total. The summed E-state index contributed by atoms with van der Waals surface area (Å²) < 4.78 is 4.91. The molecule has 0 aliphatic rings. The van der Waals surface area contributed by atoms with Crippen molar-refractivity contribution in [1.29, 1.82) is 0 Å². The van der Waals surface area contributed by atoms with Crippen molar-refractivity contribution in [3.63, 3.8) is 0 Å². The number of benzene rings is 1. The second kappa shape index (κ2) is 10.4. The summed E-state index contributed by atoms with van der Waals surface area (Å²) in [6.07, 6.45) is 0. The number of aliphatic carboxylic acids is 2. The first-order chi connectivity index (χ1) is 9.38. The van der Waals surface area contributed by atoms with Gasteiger partial charge < -0.3 is 20.3 Å². The van der Waals surface area contributed by atoms with Crippen LogP contribution in [-0.2, 0) is 20.9 Å². The normalized spacial score (nSPS) is 9.55. The lowest BCUT2D eigenvalue weighted by molar-refractivity contribution is -0.159. The Morgan fingerprint density at radius 1 is 1.25 bits per heavy atom. The van der Waals surface area contributed by atoms with Crippen molar-refractivity contribution in [2.75, 3.05) is 20.3 Å². The Kier molecular flexibility index (Phi) is 9.75. The molecule has 0 unspecified atom stereocenters. The van der Waals surface area contributed by atoms with Gasteiger partial charge in [0.05, 0.1) is 6.61 Å². The van der Waals surface area contributed by atoms with Gasteiger partial charge in [-0.1, -0.05) is 29.3 Å². The topological polar surface area (TPSA) is 95.9 Å². The molecule has 0 heterocycles. The number of carboxylic acid groups (broad SMARTS) is 2. The van der Waals surface area contributed by atoms with E-state index >= 15 is 0 Å². The number of hydrogen-bond donors (Lipinski definition) is 3. The summed E-state index contributed by atoms with van der Waals surface area (Å²) in [4.78, 5) is 18.2. The van der Waals surface area contributed by atoms with Gasteiger partial charge in [0.25, 0.3) is 0 Å². The average molecular weight is 324 g/mol. The van der Waals surface area contributed by atoms with Crippen LogP contribution in [0.3, 0.4) is 0 Å². The molecule has 1 aromatic rings. The van der Waals surface area contributed by atoms with Gasteiger partial charge in [0.15, 0.2) is 0 Å². The zero-order valence-corrected chi connectivity index (χ0v) is 12.2. The van der Waals surface area contributed by atoms with Crippen molar-refractivity contribution in [2.24, 2.45) is 0 Å². The smallest absolute Gasteiger partial charge is 0.414 e. The quantitative estimate of drug-likeness (QED) is 0.565. The molecule has 1 rings (SSSR count). The fourth-order valence-electron chi connectivity index (χ4n) is 1.06. The highest BCUT2D eigenvalue weighted by atomic mass is 35.5. The molecule has 0 saturated heterocycles. The molecular weight excluding hydrogens is 309 g/mol. The molecule has 0 aliphatic heterocycles. The van der Waals surface area contributed by atoms with E-state index in [0.717, 1.165) is 18.7 Å². The molecule has 0 aliphatic carbocycles. The van der Waals surface area contributed by atoms with Gasteiger partial charge >= 0.3 is 11.9 Å². The number of halogens is 2. The van der Waals surface area contributed by atoms with Crippen molar-refractivity contribution in [3.05, 3.63) is 33.8 Å². The highest BCUT2D eigenvalue weighted by Gasteiger charge is 2.04. The highest BCUT2D eigenvalue weighted by Crippen LogP contribution is 2.20. The fourth-order valence-corrected chi connectivity index (χ4v) is 1.54. The summed E-state index contributed by atoms with van der Waals surface area (Å²) in [5.41, 5.74) is 1.05. The number of ether oxygens (including phenoxy) is 1. The van der Waals surface area contributed by atoms with Gasteiger partial charge in [-0.05, 0) is 17.7 Å². The molecular formula is C12H15Cl2NO5. The van der Waals surface area contributed by atoms with Gasteiger partial charge in [-0.2, -0.15) is 0 Å². The van der Waals surface area contributed by atoms with Gasteiger partial charge in [-0.3, -0.25) is 0 Å². The minimum Gasteiger partial charge on any atom is -0.473 e. The van der Waals surface area contributed by atoms with E-state index in [4.69, 9.17) is 47.7 Å². The number of methoxy groups -OCH3 is 1. The Labute approximate surface area is 126 Å². The lowest BCUT2D eigenvalue weighted by Gasteiger charge is -2.06. The van der Waals surface area contributed by atoms with E-state index in [9.17, 15) is 0 Å². The molecule has 0 spiro atoms. The van der Waals surface area contributed by atoms with Crippen molar-refractivity contribution < 1.29 is 24.5 Å². The second-order valence-electron chi connectivity index (χ2n) is 3.52. The van der Waals surface area contributed by atoms with E-state index in [-0.39, 0.29) is 0 Å². The number of carboxylic acids is 2. The maximum Gasteiger partial charge on any atom is 0.414 e. The second-order valence-corrected chi connectivity index (χ2v) is 4.36. The molecule has 0 aromatic heterocycles. The number of carbonyl (C=O) groups is 2. The van der Waals surface area contributed by atoms with E-state index in [1.807, 2.05) is 12.1 Å². The van der Waals surface area contributed by atoms with Crippen LogP contribution < -0.4 is 5.32 Å². The van der Waals surface area contributed by atoms with Crippen molar-refractivity contribution in [1.82, 2.24) is 5.32 Å². The molecule has 0 fully saturated rings. The molecule has 1 aromatic carbocycles. The molecule has 0 atom stereocenters. The SMILES string of the molecule is COCCNCc1ccc(Cl)cc1Cl.O=C(O)C(=O)O. The molecule has 0 bridgehead atoms. The predicted octanol–water partition coefficient (Wildman–Crippen LogP) is 1.88. The maximum absolute atomic E-state index is 9.10. The van der Waals surface area contributed by atoms with Crippen molar-refractivity contribution in [3.8, 4) is 0 Å². The zero-order chi connectivity index (χ0) is 15.5. The van der Waals surface area contributed by atoms with Crippen LogP contribution in [0.2, 0.25) is 10.0 Å². The van der Waals surface area contributed by atoms with Gasteiger partial charge in [-0.25, -0.2) is 9.59 Å². The van der Waals surface area contributed by atoms with Crippen LogP contribution in [0.15, 0.2) is 18.2 Å². The lowest BCUT2D eigenvalue weighted by atomic mass is 10.2. The summed E-state index contributed by atoms with van der Waals surface area (Å²) in [6.45, 7) is 2.25. The van der Waals surface area contributed by atoms with Gasteiger partial charge in [-0.15, -0.1) is 0 Å². The summed E-state index contributed by atoms with van der Waals surface area (Å²) in [5.74, 6) is -3.65. The van der Waals surface area contributed by atoms with Crippen LogP contribution in [-0.4, -0.2) is 42.4 Å². The zero-order valence-electron chi connectivity index (χ0n) is 10.7. The highest BCUT2D eigenvalue weighted by molar-refractivity contribution is 6.35. The van der Waals surface area contributed by atoms with Crippen molar-refractivity contribution >= 4 is 35.1 Å². The molecule has 8 heteroatoms. The largest absolute Gasteiger partial charge is 0.473 e. The standard InChI is InChI=1S/C10H13Cl2NO.C2H2O4/c1-14-5-4-13-7-8-2-3-9(11)6-10(8)12;3-1(4)2(5)6/h2-3,6,13H,4-5,7H2,1H3;(H,3,4)(H,5,6). The monoisotopic (exact) mass is 323 g/mol. The third kappa shape index (κ3) is 8.71. The third-order valence-electron chi connectivity index (χ3n) is 2.00. The Bertz CT molecular complexity index is 441. The molecule has 0 saturated carbocycles. The first-order valence-electron chi connectivity index (χ1n) is 5.48. The molecule has 3 N–H and O–H groups in total. The van der Waals surface area contributed by atoms with Crippen LogP contribution in [0.1, 0.15) is 5.56 Å². The van der Waals surface area contributed by atoms with Gasteiger partial charge in [0, 0.05) is 30.2 Å². The number of rotatable bonds is 5. The molecule has 0 radical (unpaired) electrons. The Hall–Kier alpha value is -1.34. The van der Waals surface area contributed by atoms with Gasteiger partial charge in [0.1, 0.15) is 0 Å². The van der Waals surface area contributed by atoms with Gasteiger partial charge in [0.2, 0.25) is 0 Å². The minimum atomic E-state index is -1.82. The van der Waals surface area contributed by atoms with Crippen LogP contribution in [0.5, 0.6) is 0 Å². The average Bonchev–Trinajstić information content (AvgIpc) is 2.37. The maximum atomic E-state index is 9.10. The Balaban J connectivity index is 0.000000511. The first kappa shape index (κ1) is 18.7. The predicted molar refractivity (Wildman–Crippen MR) is 75.3 cm³/mol. The molecule has 112 valence electrons. The summed E-state index contributed by atoms with van der Waals surface area (Å²) in [5, 5.41) is 19.4. The van der Waals surface area contributed by atoms with E-state index in [2.05, 4.69) is 5.32 Å².